The predicted octanol–water partition coefficient (Wildman–Crippen LogP) is 2.18. The van der Waals surface area contributed by atoms with E-state index in [1.54, 1.807) is 0 Å². The molecule has 2 nitrogen and oxygen atoms in total. The summed E-state index contributed by atoms with van der Waals surface area (Å²) in [6.07, 6.45) is 0. The van der Waals surface area contributed by atoms with Gasteiger partial charge in [0.15, 0.2) is 11.5 Å². The Morgan fingerprint density at radius 3 is 2.77 bits per heavy atom. The molecule has 0 radical (unpaired) electrons. The minimum absolute atomic E-state index is 0.653. The third-order valence-electron chi connectivity index (χ3n) is 1.84. The lowest BCUT2D eigenvalue weighted by Gasteiger charge is -2.18. The van der Waals surface area contributed by atoms with Crippen LogP contribution < -0.4 is 9.47 Å². The molecular formula is C10H11O2P. The summed E-state index contributed by atoms with van der Waals surface area (Å²) in [6.45, 7) is 3.40. The van der Waals surface area contributed by atoms with Crippen molar-refractivity contribution in [1.29, 1.82) is 0 Å². The lowest BCUT2D eigenvalue weighted by atomic mass is 10.2. The highest BCUT2D eigenvalue weighted by Crippen LogP contribution is 2.30. The van der Waals surface area contributed by atoms with Gasteiger partial charge in [-0.1, -0.05) is 6.07 Å². The van der Waals surface area contributed by atoms with Gasteiger partial charge < -0.3 is 9.47 Å². The van der Waals surface area contributed by atoms with Crippen LogP contribution in [0.5, 0.6) is 11.5 Å². The zero-order valence-corrected chi connectivity index (χ0v) is 8.38. The number of hydrogen-bond acceptors (Lipinski definition) is 2. The summed E-state index contributed by atoms with van der Waals surface area (Å²) in [5, 5.41) is 0. The molecule has 0 N–H and O–H groups in total. The zero-order valence-electron chi connectivity index (χ0n) is 7.49. The van der Waals surface area contributed by atoms with Crippen LogP contribution in [0.3, 0.4) is 0 Å². The average Bonchev–Trinajstić information content (AvgIpc) is 2.18. The van der Waals surface area contributed by atoms with Crippen LogP contribution in [0.4, 0.5) is 0 Å². The molecule has 1 aromatic rings. The Kier molecular flexibility index (Phi) is 2.51. The second-order valence-corrected chi connectivity index (χ2v) is 3.56. The summed E-state index contributed by atoms with van der Waals surface area (Å²) in [6, 6.07) is 6.03. The first-order chi connectivity index (χ1) is 6.40. The number of fused-ring (bicyclic) bond motifs is 1. The number of benzene rings is 1. The fraction of sp³-hybridized carbons (Fsp3) is 0.300. The van der Waals surface area contributed by atoms with Crippen LogP contribution in [0.2, 0.25) is 0 Å². The maximum atomic E-state index is 5.46. The molecule has 0 aliphatic carbocycles. The monoisotopic (exact) mass is 194 g/mol. The van der Waals surface area contributed by atoms with E-state index >= 15 is 0 Å². The molecule has 1 aromatic carbocycles. The Balaban J connectivity index is 2.35. The van der Waals surface area contributed by atoms with Crippen molar-refractivity contribution >= 4 is 14.0 Å². The molecule has 0 atom stereocenters. The van der Waals surface area contributed by atoms with Crippen LogP contribution in [0.25, 0.3) is 0 Å². The van der Waals surface area contributed by atoms with E-state index in [1.165, 1.54) is 13.8 Å². The fourth-order valence-electron chi connectivity index (χ4n) is 1.29. The number of rotatable bonds is 1. The molecule has 0 bridgehead atoms. The maximum absolute atomic E-state index is 5.46. The molecule has 68 valence electrons. The van der Waals surface area contributed by atoms with Crippen LogP contribution in [0.1, 0.15) is 5.56 Å². The molecule has 0 unspecified atom stereocenters. The van der Waals surface area contributed by atoms with Crippen molar-refractivity contribution in [2.75, 3.05) is 19.9 Å². The molecular weight excluding hydrogens is 183 g/mol. The second-order valence-electron chi connectivity index (χ2n) is 2.79. The molecule has 0 saturated heterocycles. The molecule has 3 heteroatoms. The van der Waals surface area contributed by atoms with Crippen LogP contribution >= 0.6 is 8.20 Å². The Morgan fingerprint density at radius 2 is 2.00 bits per heavy atom. The minimum atomic E-state index is 0.653. The van der Waals surface area contributed by atoms with Gasteiger partial charge in [0, 0.05) is 0 Å². The first kappa shape index (κ1) is 8.58. The Hall–Kier alpha value is -1.01. The van der Waals surface area contributed by atoms with Gasteiger partial charge in [-0.2, -0.15) is 0 Å². The third-order valence-corrected chi connectivity index (χ3v) is 2.40. The van der Waals surface area contributed by atoms with Gasteiger partial charge in [0.25, 0.3) is 0 Å². The Labute approximate surface area is 79.3 Å². The van der Waals surface area contributed by atoms with Crippen LogP contribution in [0, 0.1) is 0 Å². The van der Waals surface area contributed by atoms with Crippen molar-refractivity contribution in [3.8, 4) is 11.5 Å². The smallest absolute Gasteiger partial charge is 0.161 e. The molecule has 0 saturated carbocycles. The molecule has 13 heavy (non-hydrogen) atoms. The van der Waals surface area contributed by atoms with Gasteiger partial charge in [-0.3, -0.25) is 0 Å². The minimum Gasteiger partial charge on any atom is -0.486 e. The zero-order chi connectivity index (χ0) is 9.10. The number of hydrogen-bond donors (Lipinski definition) is 0. The molecule has 0 spiro atoms. The van der Waals surface area contributed by atoms with E-state index < -0.39 is 0 Å². The SMILES string of the molecule is CP=Cc1ccc2c(c1)OCCO2. The van der Waals surface area contributed by atoms with Crippen molar-refractivity contribution in [2.24, 2.45) is 0 Å². The van der Waals surface area contributed by atoms with Crippen LogP contribution in [-0.4, -0.2) is 25.7 Å². The normalized spacial score (nSPS) is 14.8. The van der Waals surface area contributed by atoms with Crippen molar-refractivity contribution < 1.29 is 9.47 Å². The van der Waals surface area contributed by atoms with Gasteiger partial charge in [0.1, 0.15) is 13.2 Å². The Morgan fingerprint density at radius 1 is 1.23 bits per heavy atom. The van der Waals surface area contributed by atoms with Crippen molar-refractivity contribution in [3.05, 3.63) is 23.8 Å². The van der Waals surface area contributed by atoms with Crippen molar-refractivity contribution in [3.63, 3.8) is 0 Å². The highest BCUT2D eigenvalue weighted by atomic mass is 31.1. The van der Waals surface area contributed by atoms with E-state index in [0.717, 1.165) is 11.5 Å². The Bertz CT molecular complexity index is 334. The summed E-state index contributed by atoms with van der Waals surface area (Å²) in [5.41, 5.74) is 1.19. The molecule has 1 aliphatic heterocycles. The topological polar surface area (TPSA) is 18.5 Å². The highest BCUT2D eigenvalue weighted by molar-refractivity contribution is 7.38. The first-order valence-corrected chi connectivity index (χ1v) is 5.63. The molecule has 0 aromatic heterocycles. The van der Waals surface area contributed by atoms with Crippen molar-refractivity contribution in [2.45, 2.75) is 0 Å². The summed E-state index contributed by atoms with van der Waals surface area (Å²) in [4.78, 5) is 0. The third kappa shape index (κ3) is 1.84. The van der Waals surface area contributed by atoms with Gasteiger partial charge >= 0.3 is 0 Å². The van der Waals surface area contributed by atoms with E-state index in [2.05, 4.69) is 12.5 Å². The van der Waals surface area contributed by atoms with Crippen LogP contribution in [0.15, 0.2) is 18.2 Å². The van der Waals surface area contributed by atoms with Gasteiger partial charge in [-0.05, 0) is 30.2 Å². The van der Waals surface area contributed by atoms with E-state index in [4.69, 9.17) is 9.47 Å². The van der Waals surface area contributed by atoms with Gasteiger partial charge in [-0.15, -0.1) is 8.20 Å². The van der Waals surface area contributed by atoms with E-state index in [0.29, 0.717) is 13.2 Å². The van der Waals surface area contributed by atoms with Gasteiger partial charge in [0.2, 0.25) is 0 Å². The second kappa shape index (κ2) is 3.80. The lowest BCUT2D eigenvalue weighted by Crippen LogP contribution is -2.15. The molecule has 1 heterocycles. The fourth-order valence-corrected chi connectivity index (χ4v) is 1.75. The quantitative estimate of drug-likeness (QED) is 0.638. The molecule has 1 aliphatic rings. The average molecular weight is 194 g/mol. The first-order valence-electron chi connectivity index (χ1n) is 4.22. The van der Waals surface area contributed by atoms with E-state index in [-0.39, 0.29) is 0 Å². The molecule has 2 rings (SSSR count). The standard InChI is InChI=1S/C10H11O2P/c1-13-7-8-2-3-9-10(6-8)12-5-4-11-9/h2-3,6-7H,4-5H2,1H3. The summed E-state index contributed by atoms with van der Waals surface area (Å²) < 4.78 is 10.9. The van der Waals surface area contributed by atoms with Gasteiger partial charge in [0.05, 0.1) is 0 Å². The van der Waals surface area contributed by atoms with E-state index in [9.17, 15) is 0 Å². The predicted molar refractivity (Wildman–Crippen MR) is 55.4 cm³/mol. The van der Waals surface area contributed by atoms with Crippen LogP contribution in [-0.2, 0) is 0 Å². The number of ether oxygens (including phenoxy) is 2. The molecule has 0 fully saturated rings. The van der Waals surface area contributed by atoms with Gasteiger partial charge in [-0.25, -0.2) is 0 Å². The summed E-state index contributed by atoms with van der Waals surface area (Å²) in [5.74, 6) is 3.86. The summed E-state index contributed by atoms with van der Waals surface area (Å²) in [7, 11) is 1.26. The largest absolute Gasteiger partial charge is 0.486 e. The van der Waals surface area contributed by atoms with E-state index in [1.807, 2.05) is 18.2 Å². The van der Waals surface area contributed by atoms with Crippen molar-refractivity contribution in [1.82, 2.24) is 0 Å². The summed E-state index contributed by atoms with van der Waals surface area (Å²) >= 11 is 0. The highest BCUT2D eigenvalue weighted by Gasteiger charge is 2.10. The molecule has 0 amide bonds. The maximum Gasteiger partial charge on any atom is 0.161 e. The lowest BCUT2D eigenvalue weighted by molar-refractivity contribution is 0.171.